The predicted octanol–water partition coefficient (Wildman–Crippen LogP) is 2.51. The molecule has 4 heteroatoms. The van der Waals surface area contributed by atoms with E-state index in [4.69, 9.17) is 17.3 Å². The van der Waals surface area contributed by atoms with Crippen LogP contribution >= 0.6 is 11.6 Å². The maximum absolute atomic E-state index is 6.15. The molecule has 0 saturated heterocycles. The van der Waals surface area contributed by atoms with Crippen molar-refractivity contribution < 1.29 is 0 Å². The van der Waals surface area contributed by atoms with Crippen molar-refractivity contribution in [2.75, 3.05) is 0 Å². The van der Waals surface area contributed by atoms with Crippen molar-refractivity contribution in [2.24, 2.45) is 12.8 Å². The second kappa shape index (κ2) is 3.75. The molecule has 0 amide bonds. The maximum Gasteiger partial charge on any atom is 0.111 e. The second-order valence-corrected chi connectivity index (χ2v) is 5.27. The van der Waals surface area contributed by atoms with Gasteiger partial charge in [0.15, 0.2) is 0 Å². The van der Waals surface area contributed by atoms with Crippen LogP contribution in [-0.2, 0) is 13.5 Å². The number of hydrogen-bond acceptors (Lipinski definition) is 2. The summed E-state index contributed by atoms with van der Waals surface area (Å²) < 4.78 is 2.02. The van der Waals surface area contributed by atoms with Crippen LogP contribution in [0.5, 0.6) is 0 Å². The third kappa shape index (κ3) is 2.06. The van der Waals surface area contributed by atoms with Gasteiger partial charge >= 0.3 is 0 Å². The van der Waals surface area contributed by atoms with Crippen LogP contribution in [0.15, 0.2) is 18.2 Å². The number of benzene rings is 1. The number of aryl methyl sites for hydroxylation is 1. The van der Waals surface area contributed by atoms with E-state index < -0.39 is 0 Å². The van der Waals surface area contributed by atoms with Crippen LogP contribution in [0.4, 0.5) is 0 Å². The summed E-state index contributed by atoms with van der Waals surface area (Å²) >= 11 is 6.15. The lowest BCUT2D eigenvalue weighted by molar-refractivity contribution is 0.495. The number of nitrogens with zero attached hydrogens (tertiary/aromatic N) is 2. The van der Waals surface area contributed by atoms with Gasteiger partial charge in [0.1, 0.15) is 5.82 Å². The monoisotopic (exact) mass is 237 g/mol. The van der Waals surface area contributed by atoms with Crippen molar-refractivity contribution >= 4 is 22.6 Å². The quantitative estimate of drug-likeness (QED) is 0.872. The van der Waals surface area contributed by atoms with Crippen LogP contribution in [-0.4, -0.2) is 15.1 Å². The summed E-state index contributed by atoms with van der Waals surface area (Å²) in [5.41, 5.74) is 7.65. The molecule has 0 aliphatic carbocycles. The van der Waals surface area contributed by atoms with E-state index >= 15 is 0 Å². The molecule has 16 heavy (non-hydrogen) atoms. The molecule has 0 aliphatic heterocycles. The largest absolute Gasteiger partial charge is 0.330 e. The van der Waals surface area contributed by atoms with E-state index in [-0.39, 0.29) is 5.54 Å². The standard InChI is InChI=1S/C12H16ClN3/c1-12(2,14)7-10-15-9-6-4-5-8(13)11(9)16(10)3/h4-6H,7,14H2,1-3H3. The third-order valence-corrected chi connectivity index (χ3v) is 2.86. The Balaban J connectivity index is 2.57. The SMILES string of the molecule is Cn1c(CC(C)(C)N)nc2cccc(Cl)c21. The number of imidazole rings is 1. The van der Waals surface area contributed by atoms with Crippen LogP contribution < -0.4 is 5.73 Å². The van der Waals surface area contributed by atoms with Gasteiger partial charge in [0.2, 0.25) is 0 Å². The molecule has 0 radical (unpaired) electrons. The first-order chi connectivity index (χ1) is 7.38. The average molecular weight is 238 g/mol. The molecule has 0 aliphatic rings. The van der Waals surface area contributed by atoms with E-state index in [0.717, 1.165) is 28.3 Å². The van der Waals surface area contributed by atoms with Crippen molar-refractivity contribution in [3.05, 3.63) is 29.0 Å². The lowest BCUT2D eigenvalue weighted by Gasteiger charge is -2.17. The first-order valence-corrected chi connectivity index (χ1v) is 5.65. The zero-order valence-electron chi connectivity index (χ0n) is 9.79. The molecule has 2 N–H and O–H groups in total. The number of nitrogens with two attached hydrogens (primary N) is 1. The second-order valence-electron chi connectivity index (χ2n) is 4.86. The lowest BCUT2D eigenvalue weighted by atomic mass is 10.0. The number of para-hydroxylation sites is 1. The summed E-state index contributed by atoms with van der Waals surface area (Å²) in [6, 6.07) is 5.76. The fraction of sp³-hybridized carbons (Fsp3) is 0.417. The first kappa shape index (κ1) is 11.4. The van der Waals surface area contributed by atoms with Gasteiger partial charge in [0.05, 0.1) is 16.1 Å². The van der Waals surface area contributed by atoms with Crippen LogP contribution in [0.25, 0.3) is 11.0 Å². The lowest BCUT2D eigenvalue weighted by Crippen LogP contribution is -2.35. The molecule has 0 bridgehead atoms. The molecule has 1 heterocycles. The predicted molar refractivity (Wildman–Crippen MR) is 67.7 cm³/mol. The molecule has 0 spiro atoms. The Morgan fingerprint density at radius 3 is 2.69 bits per heavy atom. The number of halogens is 1. The Bertz CT molecular complexity index is 523. The molecule has 2 rings (SSSR count). The van der Waals surface area contributed by atoms with E-state index in [2.05, 4.69) is 4.98 Å². The number of rotatable bonds is 2. The zero-order valence-corrected chi connectivity index (χ0v) is 10.5. The van der Waals surface area contributed by atoms with Crippen LogP contribution in [0.3, 0.4) is 0 Å². The molecule has 1 aromatic carbocycles. The van der Waals surface area contributed by atoms with Gasteiger partial charge in [-0.2, -0.15) is 0 Å². The first-order valence-electron chi connectivity index (χ1n) is 5.27. The zero-order chi connectivity index (χ0) is 11.9. The summed E-state index contributed by atoms with van der Waals surface area (Å²) in [7, 11) is 1.97. The normalized spacial score (nSPS) is 12.3. The summed E-state index contributed by atoms with van der Waals surface area (Å²) in [4.78, 5) is 4.56. The topological polar surface area (TPSA) is 43.8 Å². The molecular formula is C12H16ClN3. The van der Waals surface area contributed by atoms with Crippen molar-refractivity contribution in [3.63, 3.8) is 0 Å². The highest BCUT2D eigenvalue weighted by Gasteiger charge is 2.17. The van der Waals surface area contributed by atoms with Crippen LogP contribution in [0, 0.1) is 0 Å². The van der Waals surface area contributed by atoms with Gasteiger partial charge in [-0.05, 0) is 26.0 Å². The van der Waals surface area contributed by atoms with Gasteiger partial charge in [0.25, 0.3) is 0 Å². The summed E-state index contributed by atoms with van der Waals surface area (Å²) in [5, 5.41) is 0.730. The van der Waals surface area contributed by atoms with Crippen molar-refractivity contribution in [2.45, 2.75) is 25.8 Å². The molecule has 1 aromatic heterocycles. The van der Waals surface area contributed by atoms with E-state index in [1.165, 1.54) is 0 Å². The van der Waals surface area contributed by atoms with E-state index in [0.29, 0.717) is 0 Å². The Kier molecular flexibility index (Phi) is 2.68. The fourth-order valence-electron chi connectivity index (χ4n) is 1.83. The summed E-state index contributed by atoms with van der Waals surface area (Å²) in [6.45, 7) is 3.99. The highest BCUT2D eigenvalue weighted by Crippen LogP contribution is 2.24. The molecule has 0 saturated carbocycles. The minimum absolute atomic E-state index is 0.262. The van der Waals surface area contributed by atoms with Gasteiger partial charge in [-0.25, -0.2) is 4.98 Å². The van der Waals surface area contributed by atoms with Crippen molar-refractivity contribution in [1.29, 1.82) is 0 Å². The molecule has 2 aromatic rings. The van der Waals surface area contributed by atoms with E-state index in [1.54, 1.807) is 0 Å². The number of aromatic nitrogens is 2. The molecule has 0 fully saturated rings. The van der Waals surface area contributed by atoms with E-state index in [1.807, 2.05) is 43.7 Å². The van der Waals surface area contributed by atoms with E-state index in [9.17, 15) is 0 Å². The Hall–Kier alpha value is -1.06. The Morgan fingerprint density at radius 2 is 2.12 bits per heavy atom. The van der Waals surface area contributed by atoms with Gasteiger partial charge in [-0.1, -0.05) is 17.7 Å². The Morgan fingerprint density at radius 1 is 1.44 bits per heavy atom. The summed E-state index contributed by atoms with van der Waals surface area (Å²) in [5.74, 6) is 0.968. The van der Waals surface area contributed by atoms with Crippen molar-refractivity contribution in [3.8, 4) is 0 Å². The molecule has 3 nitrogen and oxygen atoms in total. The smallest absolute Gasteiger partial charge is 0.111 e. The number of hydrogen-bond donors (Lipinski definition) is 1. The van der Waals surface area contributed by atoms with Gasteiger partial charge in [-0.15, -0.1) is 0 Å². The highest BCUT2D eigenvalue weighted by atomic mass is 35.5. The molecular weight excluding hydrogens is 222 g/mol. The highest BCUT2D eigenvalue weighted by molar-refractivity contribution is 6.35. The van der Waals surface area contributed by atoms with Crippen LogP contribution in [0.2, 0.25) is 5.02 Å². The summed E-state index contributed by atoms with van der Waals surface area (Å²) in [6.07, 6.45) is 0.731. The van der Waals surface area contributed by atoms with Crippen molar-refractivity contribution in [1.82, 2.24) is 9.55 Å². The Labute approximate surface area is 100 Å². The minimum atomic E-state index is -0.262. The fourth-order valence-corrected chi connectivity index (χ4v) is 2.13. The molecule has 0 unspecified atom stereocenters. The van der Waals surface area contributed by atoms with Gasteiger partial charge < -0.3 is 10.3 Å². The van der Waals surface area contributed by atoms with Gasteiger partial charge in [0, 0.05) is 19.0 Å². The minimum Gasteiger partial charge on any atom is -0.330 e. The maximum atomic E-state index is 6.15. The average Bonchev–Trinajstić information content (AvgIpc) is 2.42. The van der Waals surface area contributed by atoms with Crippen LogP contribution in [0.1, 0.15) is 19.7 Å². The third-order valence-electron chi connectivity index (χ3n) is 2.55. The number of fused-ring (bicyclic) bond motifs is 1. The molecule has 0 atom stereocenters. The van der Waals surface area contributed by atoms with Gasteiger partial charge in [-0.3, -0.25) is 0 Å². The molecule has 86 valence electrons.